The number of fused-ring (bicyclic) bond motifs is 1. The first kappa shape index (κ1) is 12.4. The van der Waals surface area contributed by atoms with Crippen molar-refractivity contribution in [2.45, 2.75) is 39.7 Å². The maximum Gasteiger partial charge on any atom is 0.225 e. The summed E-state index contributed by atoms with van der Waals surface area (Å²) in [7, 11) is 0. The van der Waals surface area contributed by atoms with Crippen molar-refractivity contribution < 1.29 is 4.79 Å². The third-order valence-corrected chi connectivity index (χ3v) is 4.31. The van der Waals surface area contributed by atoms with Crippen LogP contribution in [0, 0.1) is 5.92 Å². The average Bonchev–Trinajstić information content (AvgIpc) is 2.69. The van der Waals surface area contributed by atoms with Crippen LogP contribution in [0.4, 0.5) is 5.13 Å². The Kier molecular flexibility index (Phi) is 3.66. The maximum atomic E-state index is 12.3. The first-order valence-corrected chi connectivity index (χ1v) is 7.00. The molecule has 0 atom stereocenters. The highest BCUT2D eigenvalue weighted by Gasteiger charge is 2.27. The molecule has 0 aliphatic carbocycles. The van der Waals surface area contributed by atoms with Crippen LogP contribution in [-0.4, -0.2) is 22.3 Å². The number of nitrogen functional groups attached to an aromatic ring is 1. The molecule has 2 N–H and O–H groups in total. The van der Waals surface area contributed by atoms with Crippen molar-refractivity contribution in [2.75, 3.05) is 12.3 Å². The molecule has 0 aromatic carbocycles. The van der Waals surface area contributed by atoms with Gasteiger partial charge in [0.25, 0.3) is 0 Å². The summed E-state index contributed by atoms with van der Waals surface area (Å²) in [4.78, 5) is 19.7. The van der Waals surface area contributed by atoms with Gasteiger partial charge in [-0.2, -0.15) is 0 Å². The number of rotatable bonds is 3. The van der Waals surface area contributed by atoms with Gasteiger partial charge in [-0.1, -0.05) is 13.8 Å². The first-order valence-electron chi connectivity index (χ1n) is 6.18. The van der Waals surface area contributed by atoms with Crippen molar-refractivity contribution in [3.63, 3.8) is 0 Å². The molecular weight excluding hydrogens is 234 g/mol. The molecule has 0 saturated heterocycles. The van der Waals surface area contributed by atoms with Crippen LogP contribution in [0.3, 0.4) is 0 Å². The Hall–Kier alpha value is -1.10. The first-order chi connectivity index (χ1) is 8.15. The molecular formula is C12H19N3OS. The van der Waals surface area contributed by atoms with Gasteiger partial charge in [-0.05, 0) is 12.8 Å². The second kappa shape index (κ2) is 5.04. The molecule has 0 fully saturated rings. The minimum atomic E-state index is 0.168. The Morgan fingerprint density at radius 2 is 2.24 bits per heavy atom. The molecule has 4 nitrogen and oxygen atoms in total. The summed E-state index contributed by atoms with van der Waals surface area (Å²) in [6.45, 7) is 5.63. The number of anilines is 1. The highest BCUT2D eigenvalue weighted by molar-refractivity contribution is 7.15. The minimum Gasteiger partial charge on any atom is -0.375 e. The van der Waals surface area contributed by atoms with Gasteiger partial charge in [-0.15, -0.1) is 11.3 Å². The number of carbonyl (C=O) groups excluding carboxylic acids is 1. The van der Waals surface area contributed by atoms with Gasteiger partial charge in [0.05, 0.1) is 12.2 Å². The highest BCUT2D eigenvalue weighted by Crippen LogP contribution is 2.27. The van der Waals surface area contributed by atoms with Crippen LogP contribution in [0.5, 0.6) is 0 Å². The predicted octanol–water partition coefficient (Wildman–Crippen LogP) is 2.05. The quantitative estimate of drug-likeness (QED) is 0.897. The Morgan fingerprint density at radius 1 is 1.53 bits per heavy atom. The summed E-state index contributed by atoms with van der Waals surface area (Å²) in [5.41, 5.74) is 6.78. The molecule has 2 rings (SSSR count). The van der Waals surface area contributed by atoms with Gasteiger partial charge in [0.1, 0.15) is 0 Å². The lowest BCUT2D eigenvalue weighted by Crippen LogP contribution is -2.39. The van der Waals surface area contributed by atoms with E-state index in [1.165, 1.54) is 11.3 Å². The molecule has 17 heavy (non-hydrogen) atoms. The second-order valence-electron chi connectivity index (χ2n) is 4.45. The van der Waals surface area contributed by atoms with E-state index in [1.54, 1.807) is 0 Å². The largest absolute Gasteiger partial charge is 0.375 e. The van der Waals surface area contributed by atoms with Crippen LogP contribution in [0.25, 0.3) is 0 Å². The van der Waals surface area contributed by atoms with Crippen LogP contribution in [-0.2, 0) is 17.8 Å². The van der Waals surface area contributed by atoms with E-state index in [0.29, 0.717) is 11.7 Å². The SMILES string of the molecule is CCC(CC)C(=O)N1CCc2nc(N)sc2C1. The molecule has 1 aliphatic rings. The Bertz CT molecular complexity index is 412. The fourth-order valence-electron chi connectivity index (χ4n) is 2.30. The highest BCUT2D eigenvalue weighted by atomic mass is 32.1. The van der Waals surface area contributed by atoms with Crippen LogP contribution in [0.1, 0.15) is 37.3 Å². The summed E-state index contributed by atoms with van der Waals surface area (Å²) in [6, 6.07) is 0. The number of thiazole rings is 1. The van der Waals surface area contributed by atoms with Gasteiger partial charge in [-0.25, -0.2) is 4.98 Å². The van der Waals surface area contributed by atoms with Crippen molar-refractivity contribution in [1.29, 1.82) is 0 Å². The van der Waals surface area contributed by atoms with Crippen LogP contribution >= 0.6 is 11.3 Å². The van der Waals surface area contributed by atoms with E-state index in [-0.39, 0.29) is 11.8 Å². The number of amides is 1. The molecule has 1 aliphatic heterocycles. The summed E-state index contributed by atoms with van der Waals surface area (Å²) in [5.74, 6) is 0.453. The predicted molar refractivity (Wildman–Crippen MR) is 69.7 cm³/mol. The molecule has 1 amide bonds. The third kappa shape index (κ3) is 2.44. The number of nitrogens with zero attached hydrogens (tertiary/aromatic N) is 2. The van der Waals surface area contributed by atoms with E-state index in [9.17, 15) is 4.79 Å². The van der Waals surface area contributed by atoms with Crippen LogP contribution in [0.2, 0.25) is 0 Å². The fraction of sp³-hybridized carbons (Fsp3) is 0.667. The topological polar surface area (TPSA) is 59.2 Å². The van der Waals surface area contributed by atoms with Gasteiger partial charge >= 0.3 is 0 Å². The molecule has 0 unspecified atom stereocenters. The van der Waals surface area contributed by atoms with Crippen molar-refractivity contribution in [1.82, 2.24) is 9.88 Å². The van der Waals surface area contributed by atoms with E-state index < -0.39 is 0 Å². The molecule has 1 aromatic heterocycles. The third-order valence-electron chi connectivity index (χ3n) is 3.39. The molecule has 0 spiro atoms. The lowest BCUT2D eigenvalue weighted by Gasteiger charge is -2.29. The van der Waals surface area contributed by atoms with Crippen LogP contribution < -0.4 is 5.73 Å². The lowest BCUT2D eigenvalue weighted by atomic mass is 10.0. The second-order valence-corrected chi connectivity index (χ2v) is 5.56. The van der Waals surface area contributed by atoms with Gasteiger partial charge < -0.3 is 10.6 Å². The fourth-order valence-corrected chi connectivity index (χ4v) is 3.19. The molecule has 1 aromatic rings. The average molecular weight is 253 g/mol. The van der Waals surface area contributed by atoms with Crippen molar-refractivity contribution in [2.24, 2.45) is 5.92 Å². The zero-order chi connectivity index (χ0) is 12.4. The summed E-state index contributed by atoms with van der Waals surface area (Å²) >= 11 is 1.51. The number of carbonyl (C=O) groups is 1. The zero-order valence-corrected chi connectivity index (χ0v) is 11.2. The number of hydrogen-bond acceptors (Lipinski definition) is 4. The number of hydrogen-bond donors (Lipinski definition) is 1. The molecule has 94 valence electrons. The molecule has 0 radical (unpaired) electrons. The van der Waals surface area contributed by atoms with Gasteiger partial charge in [0.15, 0.2) is 5.13 Å². The summed E-state index contributed by atoms with van der Waals surface area (Å²) in [5, 5.41) is 0.617. The van der Waals surface area contributed by atoms with Crippen molar-refractivity contribution >= 4 is 22.4 Å². The van der Waals surface area contributed by atoms with E-state index in [2.05, 4.69) is 18.8 Å². The number of nitrogens with two attached hydrogens (primary N) is 1. The van der Waals surface area contributed by atoms with Gasteiger partial charge in [-0.3, -0.25) is 4.79 Å². The Morgan fingerprint density at radius 3 is 2.88 bits per heavy atom. The lowest BCUT2D eigenvalue weighted by molar-refractivity contribution is -0.136. The molecule has 0 saturated carbocycles. The van der Waals surface area contributed by atoms with E-state index in [1.807, 2.05) is 4.90 Å². The zero-order valence-electron chi connectivity index (χ0n) is 10.4. The van der Waals surface area contributed by atoms with E-state index >= 15 is 0 Å². The summed E-state index contributed by atoms with van der Waals surface area (Å²) in [6.07, 6.45) is 2.68. The summed E-state index contributed by atoms with van der Waals surface area (Å²) < 4.78 is 0. The molecule has 0 bridgehead atoms. The van der Waals surface area contributed by atoms with Crippen molar-refractivity contribution in [3.8, 4) is 0 Å². The van der Waals surface area contributed by atoms with Gasteiger partial charge in [0.2, 0.25) is 5.91 Å². The van der Waals surface area contributed by atoms with Crippen LogP contribution in [0.15, 0.2) is 0 Å². The Labute approximate surface area is 106 Å². The smallest absolute Gasteiger partial charge is 0.225 e. The van der Waals surface area contributed by atoms with E-state index in [4.69, 9.17) is 5.73 Å². The van der Waals surface area contributed by atoms with Crippen molar-refractivity contribution in [3.05, 3.63) is 10.6 Å². The van der Waals surface area contributed by atoms with Gasteiger partial charge in [0, 0.05) is 23.8 Å². The monoisotopic (exact) mass is 253 g/mol. The van der Waals surface area contributed by atoms with E-state index in [0.717, 1.165) is 36.4 Å². The normalized spacial score (nSPS) is 15.1. The molecule has 5 heteroatoms. The molecule has 2 heterocycles. The minimum absolute atomic E-state index is 0.168. The Balaban J connectivity index is 2.09. The number of aromatic nitrogens is 1. The maximum absolute atomic E-state index is 12.3. The standard InChI is InChI=1S/C12H19N3OS/c1-3-8(4-2)11(16)15-6-5-9-10(7-15)17-12(13)14-9/h8H,3-7H2,1-2H3,(H2,13,14).